The van der Waals surface area contributed by atoms with Crippen LogP contribution in [-0.4, -0.2) is 11.3 Å². The SMILES string of the molecule is C=C(C)C(=O)OC1([P+](=O)[O-])CC1. The molecule has 0 aliphatic heterocycles. The first-order valence-electron chi connectivity index (χ1n) is 3.51. The molecule has 0 radical (unpaired) electrons. The third-order valence-electron chi connectivity index (χ3n) is 1.64. The summed E-state index contributed by atoms with van der Waals surface area (Å²) >= 11 is 0. The molecule has 12 heavy (non-hydrogen) atoms. The first-order valence-corrected chi connectivity index (χ1v) is 4.69. The molecule has 0 amide bonds. The molecule has 0 aromatic carbocycles. The van der Waals surface area contributed by atoms with Gasteiger partial charge in [-0.05, 0) is 6.92 Å². The molecule has 1 fully saturated rings. The topological polar surface area (TPSA) is 66.4 Å². The number of carbonyl (C=O) groups excluding carboxylic acids is 1. The Balaban J connectivity index is 2.57. The molecule has 5 heteroatoms. The van der Waals surface area contributed by atoms with Crippen LogP contribution in [-0.2, 0) is 14.1 Å². The smallest absolute Gasteiger partial charge is 0.357 e. The van der Waals surface area contributed by atoms with Gasteiger partial charge in [0.05, 0.1) is 0 Å². The standard InChI is InChI=1S/C7H9O4P/c1-5(2)6(8)11-7(3-4-7)12(9)10/h1,3-4H2,2H3. The second kappa shape index (κ2) is 2.96. The van der Waals surface area contributed by atoms with Gasteiger partial charge in [0, 0.05) is 18.4 Å². The lowest BCUT2D eigenvalue weighted by atomic mass is 10.4. The van der Waals surface area contributed by atoms with Gasteiger partial charge in [-0.2, -0.15) is 0 Å². The van der Waals surface area contributed by atoms with Crippen molar-refractivity contribution in [3.8, 4) is 0 Å². The predicted octanol–water partition coefficient (Wildman–Crippen LogP) is 0.698. The highest BCUT2D eigenvalue weighted by Gasteiger charge is 2.60. The van der Waals surface area contributed by atoms with Gasteiger partial charge in [0.15, 0.2) is 0 Å². The molecule has 0 bridgehead atoms. The largest absolute Gasteiger partial charge is 0.592 e. The van der Waals surface area contributed by atoms with Crippen molar-refractivity contribution >= 4 is 14.0 Å². The third-order valence-corrected chi connectivity index (χ3v) is 2.85. The molecular formula is C7H9O4P. The lowest BCUT2D eigenvalue weighted by molar-refractivity contribution is -0.179. The van der Waals surface area contributed by atoms with Crippen LogP contribution in [0.15, 0.2) is 12.2 Å². The summed E-state index contributed by atoms with van der Waals surface area (Å²) in [6.45, 7) is 4.84. The molecule has 0 heterocycles. The second-order valence-corrected chi connectivity index (χ2v) is 4.20. The van der Waals surface area contributed by atoms with E-state index in [2.05, 4.69) is 6.58 Å². The molecular weight excluding hydrogens is 179 g/mol. The summed E-state index contributed by atoms with van der Waals surface area (Å²) in [6, 6.07) is 0. The van der Waals surface area contributed by atoms with E-state index >= 15 is 0 Å². The maximum absolute atomic E-state index is 10.9. The Kier molecular flexibility index (Phi) is 2.31. The van der Waals surface area contributed by atoms with Crippen LogP contribution in [0.1, 0.15) is 19.8 Å². The highest BCUT2D eigenvalue weighted by molar-refractivity contribution is 7.38. The summed E-state index contributed by atoms with van der Waals surface area (Å²) in [7, 11) is -2.67. The number of rotatable bonds is 3. The van der Waals surface area contributed by atoms with Gasteiger partial charge in [0.2, 0.25) is 0 Å². The van der Waals surface area contributed by atoms with Crippen LogP contribution in [0.4, 0.5) is 0 Å². The van der Waals surface area contributed by atoms with Crippen LogP contribution in [0.5, 0.6) is 0 Å². The maximum Gasteiger partial charge on any atom is 0.357 e. The lowest BCUT2D eigenvalue weighted by Gasteiger charge is -2.07. The molecule has 1 aliphatic carbocycles. The summed E-state index contributed by atoms with van der Waals surface area (Å²) in [5, 5.41) is -1.20. The van der Waals surface area contributed by atoms with Crippen LogP contribution in [0.25, 0.3) is 0 Å². The fourth-order valence-corrected chi connectivity index (χ4v) is 1.32. The average Bonchev–Trinajstić information content (AvgIpc) is 2.68. The van der Waals surface area contributed by atoms with Crippen molar-refractivity contribution < 1.29 is 19.0 Å². The Morgan fingerprint density at radius 1 is 1.67 bits per heavy atom. The van der Waals surface area contributed by atoms with Crippen LogP contribution < -0.4 is 4.89 Å². The molecule has 0 N–H and O–H groups in total. The summed E-state index contributed by atoms with van der Waals surface area (Å²) in [5.74, 6) is -0.633. The summed E-state index contributed by atoms with van der Waals surface area (Å²) in [5.41, 5.74) is 0.220. The van der Waals surface area contributed by atoms with Gasteiger partial charge < -0.3 is 9.63 Å². The zero-order valence-corrected chi connectivity index (χ0v) is 7.60. The van der Waals surface area contributed by atoms with Crippen LogP contribution >= 0.6 is 8.03 Å². The molecule has 1 unspecified atom stereocenters. The Morgan fingerprint density at radius 2 is 2.17 bits per heavy atom. The van der Waals surface area contributed by atoms with E-state index in [0.29, 0.717) is 12.8 Å². The summed E-state index contributed by atoms with van der Waals surface area (Å²) < 4.78 is 15.3. The number of hydrogen-bond acceptors (Lipinski definition) is 4. The van der Waals surface area contributed by atoms with E-state index in [4.69, 9.17) is 4.74 Å². The predicted molar refractivity (Wildman–Crippen MR) is 40.5 cm³/mol. The van der Waals surface area contributed by atoms with Crippen molar-refractivity contribution in [1.29, 1.82) is 0 Å². The van der Waals surface area contributed by atoms with Crippen molar-refractivity contribution in [1.82, 2.24) is 0 Å². The fourth-order valence-electron chi connectivity index (χ4n) is 0.689. The summed E-state index contributed by atoms with van der Waals surface area (Å²) in [4.78, 5) is 21.5. The van der Waals surface area contributed by atoms with Crippen molar-refractivity contribution in [3.05, 3.63) is 12.2 Å². The van der Waals surface area contributed by atoms with E-state index in [9.17, 15) is 14.3 Å². The van der Waals surface area contributed by atoms with Gasteiger partial charge in [0.1, 0.15) is 0 Å². The van der Waals surface area contributed by atoms with Crippen molar-refractivity contribution in [2.75, 3.05) is 0 Å². The minimum Gasteiger partial charge on any atom is -0.592 e. The van der Waals surface area contributed by atoms with Crippen molar-refractivity contribution in [2.24, 2.45) is 0 Å². The lowest BCUT2D eigenvalue weighted by Crippen LogP contribution is -2.19. The van der Waals surface area contributed by atoms with E-state index in [1.807, 2.05) is 0 Å². The average molecular weight is 188 g/mol. The Morgan fingerprint density at radius 3 is 2.42 bits per heavy atom. The molecule has 0 spiro atoms. The zero-order valence-electron chi connectivity index (χ0n) is 6.70. The van der Waals surface area contributed by atoms with Crippen LogP contribution in [0.3, 0.4) is 0 Å². The van der Waals surface area contributed by atoms with Gasteiger partial charge >= 0.3 is 19.3 Å². The molecule has 1 rings (SSSR count). The number of esters is 1. The van der Waals surface area contributed by atoms with E-state index in [1.165, 1.54) is 6.92 Å². The highest BCUT2D eigenvalue weighted by Crippen LogP contribution is 2.54. The highest BCUT2D eigenvalue weighted by atomic mass is 31.1. The number of ether oxygens (including phenoxy) is 1. The van der Waals surface area contributed by atoms with Crippen molar-refractivity contribution in [3.63, 3.8) is 0 Å². The van der Waals surface area contributed by atoms with E-state index < -0.39 is 19.3 Å². The van der Waals surface area contributed by atoms with Gasteiger partial charge in [-0.1, -0.05) is 11.1 Å². The fraction of sp³-hybridized carbons (Fsp3) is 0.571. The molecule has 1 aliphatic rings. The third kappa shape index (κ3) is 1.71. The quantitative estimate of drug-likeness (QED) is 0.371. The van der Waals surface area contributed by atoms with Gasteiger partial charge in [-0.3, -0.25) is 0 Å². The maximum atomic E-state index is 10.9. The first-order chi connectivity index (χ1) is 5.48. The molecule has 1 atom stereocenters. The van der Waals surface area contributed by atoms with Gasteiger partial charge in [-0.15, -0.1) is 0 Å². The monoisotopic (exact) mass is 188 g/mol. The normalized spacial score (nSPS) is 19.7. The van der Waals surface area contributed by atoms with E-state index in [-0.39, 0.29) is 5.57 Å². The first kappa shape index (κ1) is 9.36. The molecule has 0 aromatic rings. The summed E-state index contributed by atoms with van der Waals surface area (Å²) in [6.07, 6.45) is 0.815. The second-order valence-electron chi connectivity index (χ2n) is 2.87. The van der Waals surface area contributed by atoms with Crippen LogP contribution in [0, 0.1) is 0 Å². The number of carbonyl (C=O) groups is 1. The van der Waals surface area contributed by atoms with Gasteiger partial charge in [-0.25, -0.2) is 4.79 Å². The zero-order chi connectivity index (χ0) is 9.35. The Labute approximate surface area is 71.1 Å². The minimum atomic E-state index is -2.67. The van der Waals surface area contributed by atoms with Crippen LogP contribution in [0.2, 0.25) is 0 Å². The molecule has 1 saturated carbocycles. The molecule has 66 valence electrons. The molecule has 0 aromatic heterocycles. The van der Waals surface area contributed by atoms with E-state index in [1.54, 1.807) is 0 Å². The Hall–Kier alpha value is -0.730. The molecule has 0 saturated heterocycles. The van der Waals surface area contributed by atoms with E-state index in [0.717, 1.165) is 0 Å². The minimum absolute atomic E-state index is 0.220. The molecule has 4 nitrogen and oxygen atoms in total. The Bertz CT molecular complexity index is 254. The van der Waals surface area contributed by atoms with Gasteiger partial charge in [0.25, 0.3) is 0 Å². The number of hydrogen-bond donors (Lipinski definition) is 0. The van der Waals surface area contributed by atoms with Crippen molar-refractivity contribution in [2.45, 2.75) is 25.1 Å².